The van der Waals surface area contributed by atoms with E-state index < -0.39 is 39.1 Å². The third kappa shape index (κ3) is 6.67. The number of ether oxygens (including phenoxy) is 1. The van der Waals surface area contributed by atoms with Crippen LogP contribution in [0.25, 0.3) is 0 Å². The van der Waals surface area contributed by atoms with E-state index in [1.54, 1.807) is 37.3 Å². The minimum atomic E-state index is -3.92. The highest BCUT2D eigenvalue weighted by molar-refractivity contribution is 7.92. The van der Waals surface area contributed by atoms with Crippen molar-refractivity contribution in [2.24, 2.45) is 5.92 Å². The predicted molar refractivity (Wildman–Crippen MR) is 99.7 cm³/mol. The number of sulfone groups is 1. The van der Waals surface area contributed by atoms with Crippen molar-refractivity contribution in [2.75, 3.05) is 36.5 Å². The van der Waals surface area contributed by atoms with Crippen LogP contribution in [0.4, 0.5) is 5.69 Å². The lowest BCUT2D eigenvalue weighted by atomic mass is 9.98. The molecule has 1 aliphatic heterocycles. The van der Waals surface area contributed by atoms with Crippen molar-refractivity contribution in [3.8, 4) is 0 Å². The number of likely N-dealkylation sites (tertiary alicyclic amines) is 1. The molecule has 1 N–H and O–H groups in total. The molecule has 1 aromatic carbocycles. The lowest BCUT2D eigenvalue weighted by Gasteiger charge is -2.31. The number of para-hydroxylation sites is 1. The van der Waals surface area contributed by atoms with Gasteiger partial charge in [0.15, 0.2) is 9.84 Å². The number of piperidine rings is 1. The van der Waals surface area contributed by atoms with Crippen molar-refractivity contribution in [2.45, 2.75) is 19.8 Å². The van der Waals surface area contributed by atoms with Gasteiger partial charge in [-0.05, 0) is 31.9 Å². The molecule has 2 amide bonds. The van der Waals surface area contributed by atoms with Crippen molar-refractivity contribution in [3.05, 3.63) is 30.3 Å². The van der Waals surface area contributed by atoms with Gasteiger partial charge in [0.05, 0.1) is 12.5 Å². The fraction of sp³-hybridized carbons (Fsp3) is 0.500. The Morgan fingerprint density at radius 3 is 2.56 bits per heavy atom. The smallest absolute Gasteiger partial charge is 0.310 e. The molecule has 1 saturated heterocycles. The summed E-state index contributed by atoms with van der Waals surface area (Å²) in [5, 5.41) is 2.48. The number of benzene rings is 1. The van der Waals surface area contributed by atoms with Gasteiger partial charge in [0.1, 0.15) is 11.5 Å². The van der Waals surface area contributed by atoms with Gasteiger partial charge in [-0.1, -0.05) is 18.2 Å². The normalized spacial score (nSPS) is 17.2. The standard InChI is InChI=1S/C18H24N2O6S/c1-2-26-18(23)14-7-6-10-20(11-14)17(22)13-27(24,25)12-16(21)19-15-8-4-3-5-9-15/h3-5,8-9,14H,2,6-7,10-13H2,1H3,(H,19,21). The molecule has 8 nitrogen and oxygen atoms in total. The fourth-order valence-corrected chi connectivity index (χ4v) is 4.04. The first-order valence-electron chi connectivity index (χ1n) is 8.80. The van der Waals surface area contributed by atoms with Gasteiger partial charge in [-0.25, -0.2) is 8.42 Å². The van der Waals surface area contributed by atoms with Gasteiger partial charge in [-0.15, -0.1) is 0 Å². The lowest BCUT2D eigenvalue weighted by molar-refractivity contribution is -0.151. The average Bonchev–Trinajstić information content (AvgIpc) is 2.61. The Hall–Kier alpha value is -2.42. The van der Waals surface area contributed by atoms with Crippen LogP contribution in [-0.4, -0.2) is 62.3 Å². The molecule has 0 aromatic heterocycles. The van der Waals surface area contributed by atoms with E-state index in [0.29, 0.717) is 25.1 Å². The number of esters is 1. The van der Waals surface area contributed by atoms with E-state index in [-0.39, 0.29) is 19.1 Å². The molecule has 0 spiro atoms. The molecule has 0 bridgehead atoms. The topological polar surface area (TPSA) is 110 Å². The van der Waals surface area contributed by atoms with Crippen molar-refractivity contribution in [1.29, 1.82) is 0 Å². The largest absolute Gasteiger partial charge is 0.466 e. The van der Waals surface area contributed by atoms with E-state index in [4.69, 9.17) is 4.74 Å². The Kier molecular flexibility index (Phi) is 7.35. The van der Waals surface area contributed by atoms with Crippen molar-refractivity contribution >= 4 is 33.3 Å². The number of carbonyl (C=O) groups is 3. The zero-order valence-electron chi connectivity index (χ0n) is 15.2. The summed E-state index contributed by atoms with van der Waals surface area (Å²) in [6, 6.07) is 8.47. The van der Waals surface area contributed by atoms with Gasteiger partial charge in [0, 0.05) is 18.8 Å². The summed E-state index contributed by atoms with van der Waals surface area (Å²) in [4.78, 5) is 37.5. The molecule has 2 rings (SSSR count). The monoisotopic (exact) mass is 396 g/mol. The maximum atomic E-state index is 12.3. The Balaban J connectivity index is 1.89. The minimum Gasteiger partial charge on any atom is -0.466 e. The summed E-state index contributed by atoms with van der Waals surface area (Å²) >= 11 is 0. The second-order valence-electron chi connectivity index (χ2n) is 6.38. The molecule has 0 aliphatic carbocycles. The van der Waals surface area contributed by atoms with Gasteiger partial charge in [-0.2, -0.15) is 0 Å². The number of anilines is 1. The van der Waals surface area contributed by atoms with Crippen LogP contribution in [-0.2, 0) is 29.0 Å². The zero-order chi connectivity index (χ0) is 19.9. The van der Waals surface area contributed by atoms with E-state index in [1.807, 2.05) is 0 Å². The number of hydrogen-bond donors (Lipinski definition) is 1. The van der Waals surface area contributed by atoms with Crippen molar-refractivity contribution < 1.29 is 27.5 Å². The molecule has 1 heterocycles. The summed E-state index contributed by atoms with van der Waals surface area (Å²) in [5.41, 5.74) is 0.484. The quantitative estimate of drug-likeness (QED) is 0.684. The summed E-state index contributed by atoms with van der Waals surface area (Å²) in [6.45, 7) is 2.49. The summed E-state index contributed by atoms with van der Waals surface area (Å²) < 4.78 is 29.4. The van der Waals surface area contributed by atoms with Crippen LogP contribution in [0.5, 0.6) is 0 Å². The third-order valence-corrected chi connectivity index (χ3v) is 5.53. The molecular weight excluding hydrogens is 372 g/mol. The summed E-state index contributed by atoms with van der Waals surface area (Å²) in [7, 11) is -3.92. The van der Waals surface area contributed by atoms with E-state index >= 15 is 0 Å². The minimum absolute atomic E-state index is 0.142. The van der Waals surface area contributed by atoms with E-state index in [2.05, 4.69) is 5.32 Å². The van der Waals surface area contributed by atoms with Crippen LogP contribution in [0.1, 0.15) is 19.8 Å². The molecule has 1 unspecified atom stereocenters. The summed E-state index contributed by atoms with van der Waals surface area (Å²) in [6.07, 6.45) is 1.21. The Bertz CT molecular complexity index is 778. The molecular formula is C18H24N2O6S. The number of rotatable bonds is 7. The second-order valence-corrected chi connectivity index (χ2v) is 8.44. The van der Waals surface area contributed by atoms with E-state index in [1.165, 1.54) is 4.90 Å². The van der Waals surface area contributed by atoms with Gasteiger partial charge < -0.3 is 15.0 Å². The van der Waals surface area contributed by atoms with Gasteiger partial charge in [0.2, 0.25) is 11.8 Å². The van der Waals surface area contributed by atoms with Crippen LogP contribution < -0.4 is 5.32 Å². The molecule has 1 atom stereocenters. The third-order valence-electron chi connectivity index (χ3n) is 4.15. The van der Waals surface area contributed by atoms with Gasteiger partial charge >= 0.3 is 5.97 Å². The first-order valence-corrected chi connectivity index (χ1v) is 10.6. The number of nitrogens with one attached hydrogen (secondary N) is 1. The van der Waals surface area contributed by atoms with Gasteiger partial charge in [-0.3, -0.25) is 14.4 Å². The molecule has 0 saturated carbocycles. The van der Waals surface area contributed by atoms with Crippen molar-refractivity contribution in [1.82, 2.24) is 4.90 Å². The highest BCUT2D eigenvalue weighted by Crippen LogP contribution is 2.18. The first-order chi connectivity index (χ1) is 12.8. The molecule has 9 heteroatoms. The zero-order valence-corrected chi connectivity index (χ0v) is 16.0. The number of hydrogen-bond acceptors (Lipinski definition) is 6. The molecule has 148 valence electrons. The molecule has 0 radical (unpaired) electrons. The fourth-order valence-electron chi connectivity index (χ4n) is 2.90. The van der Waals surface area contributed by atoms with E-state index in [9.17, 15) is 22.8 Å². The second kappa shape index (κ2) is 9.50. The number of amides is 2. The van der Waals surface area contributed by atoms with Crippen molar-refractivity contribution in [3.63, 3.8) is 0 Å². The average molecular weight is 396 g/mol. The maximum Gasteiger partial charge on any atom is 0.310 e. The van der Waals surface area contributed by atoms with Crippen LogP contribution in [0.2, 0.25) is 0 Å². The van der Waals surface area contributed by atoms with Crippen LogP contribution in [0, 0.1) is 5.92 Å². The summed E-state index contributed by atoms with van der Waals surface area (Å²) in [5.74, 6) is -3.64. The number of nitrogens with zero attached hydrogens (tertiary/aromatic N) is 1. The molecule has 27 heavy (non-hydrogen) atoms. The van der Waals surface area contributed by atoms with E-state index in [0.717, 1.165) is 0 Å². The maximum absolute atomic E-state index is 12.3. The highest BCUT2D eigenvalue weighted by atomic mass is 32.2. The SMILES string of the molecule is CCOC(=O)C1CCCN(C(=O)CS(=O)(=O)CC(=O)Nc2ccccc2)C1. The Morgan fingerprint density at radius 1 is 1.19 bits per heavy atom. The van der Waals surface area contributed by atoms with Crippen LogP contribution >= 0.6 is 0 Å². The Labute approximate surface area is 158 Å². The Morgan fingerprint density at radius 2 is 1.89 bits per heavy atom. The first kappa shape index (κ1) is 20.9. The van der Waals surface area contributed by atoms with Crippen LogP contribution in [0.3, 0.4) is 0 Å². The van der Waals surface area contributed by atoms with Gasteiger partial charge in [0.25, 0.3) is 0 Å². The predicted octanol–water partition coefficient (Wildman–Crippen LogP) is 0.842. The molecule has 1 aromatic rings. The number of carbonyl (C=O) groups excluding carboxylic acids is 3. The lowest BCUT2D eigenvalue weighted by Crippen LogP contribution is -2.45. The molecule has 1 fully saturated rings. The van der Waals surface area contributed by atoms with Crippen LogP contribution in [0.15, 0.2) is 30.3 Å². The molecule has 1 aliphatic rings. The highest BCUT2D eigenvalue weighted by Gasteiger charge is 2.31.